The lowest BCUT2D eigenvalue weighted by molar-refractivity contribution is -0.140. The van der Waals surface area contributed by atoms with Crippen molar-refractivity contribution in [2.24, 2.45) is 5.92 Å². The fourth-order valence-electron chi connectivity index (χ4n) is 5.36. The summed E-state index contributed by atoms with van der Waals surface area (Å²) in [6, 6.07) is 9.09. The zero-order valence-electron chi connectivity index (χ0n) is 19.4. The first-order valence-electron chi connectivity index (χ1n) is 11.4. The van der Waals surface area contributed by atoms with E-state index in [0.717, 1.165) is 28.6 Å². The molecule has 3 atom stereocenters. The minimum Gasteiger partial charge on any atom is -0.480 e. The SMILES string of the molecule is Cc1cc(O[C@H](C)C(=O)N2C[C@@H]3C[C@@H](C2)c2cccc(=O)n2C3)c2c(C)c(C)c(=O)oc2c1. The van der Waals surface area contributed by atoms with Crippen molar-refractivity contribution in [2.45, 2.75) is 52.7 Å². The van der Waals surface area contributed by atoms with Gasteiger partial charge in [-0.1, -0.05) is 6.07 Å². The molecular formula is C26H28N2O5. The highest BCUT2D eigenvalue weighted by Crippen LogP contribution is 2.36. The number of hydrogen-bond donors (Lipinski definition) is 0. The molecule has 33 heavy (non-hydrogen) atoms. The van der Waals surface area contributed by atoms with Crippen LogP contribution in [0.25, 0.3) is 11.0 Å². The Bertz CT molecular complexity index is 1390. The van der Waals surface area contributed by atoms with Crippen molar-refractivity contribution in [3.05, 3.63) is 73.5 Å². The lowest BCUT2D eigenvalue weighted by Crippen LogP contribution is -2.52. The normalized spacial score (nSPS) is 20.4. The number of aryl methyl sites for hydroxylation is 2. The third-order valence-electron chi connectivity index (χ3n) is 7.10. The van der Waals surface area contributed by atoms with Crippen LogP contribution in [-0.4, -0.2) is 34.6 Å². The number of amides is 1. The topological polar surface area (TPSA) is 81.8 Å². The van der Waals surface area contributed by atoms with Crippen LogP contribution in [0.15, 0.2) is 44.3 Å². The van der Waals surface area contributed by atoms with Crippen molar-refractivity contribution in [2.75, 3.05) is 13.1 Å². The quantitative estimate of drug-likeness (QED) is 0.575. The number of likely N-dealkylation sites (tertiary alicyclic amines) is 1. The molecule has 172 valence electrons. The van der Waals surface area contributed by atoms with Crippen LogP contribution in [0, 0.1) is 26.7 Å². The van der Waals surface area contributed by atoms with Gasteiger partial charge in [-0.15, -0.1) is 0 Å². The number of piperidine rings is 1. The van der Waals surface area contributed by atoms with E-state index in [1.807, 2.05) is 41.5 Å². The Kier molecular flexibility index (Phi) is 5.15. The second kappa shape index (κ2) is 7.90. The molecule has 0 saturated carbocycles. The van der Waals surface area contributed by atoms with Gasteiger partial charge in [0.2, 0.25) is 0 Å². The Labute approximate surface area is 191 Å². The first-order chi connectivity index (χ1) is 15.7. The molecule has 2 aliphatic rings. The summed E-state index contributed by atoms with van der Waals surface area (Å²) in [5.74, 6) is 0.884. The fraction of sp³-hybridized carbons (Fsp3) is 0.423. The second-order valence-electron chi connectivity index (χ2n) is 9.48. The van der Waals surface area contributed by atoms with Gasteiger partial charge in [0.05, 0.1) is 5.39 Å². The van der Waals surface area contributed by atoms with E-state index in [2.05, 4.69) is 0 Å². The highest BCUT2D eigenvalue weighted by Gasteiger charge is 2.37. The molecule has 7 heteroatoms. The van der Waals surface area contributed by atoms with E-state index in [4.69, 9.17) is 9.15 Å². The number of rotatable bonds is 3. The molecule has 2 bridgehead atoms. The first-order valence-corrected chi connectivity index (χ1v) is 11.4. The Hall–Kier alpha value is -3.35. The van der Waals surface area contributed by atoms with Crippen molar-refractivity contribution in [1.29, 1.82) is 0 Å². The maximum atomic E-state index is 13.4. The number of hydrogen-bond acceptors (Lipinski definition) is 5. The van der Waals surface area contributed by atoms with E-state index in [1.165, 1.54) is 0 Å². The minimum absolute atomic E-state index is 0.0299. The van der Waals surface area contributed by atoms with Gasteiger partial charge >= 0.3 is 5.63 Å². The molecule has 1 aromatic carbocycles. The molecule has 4 heterocycles. The zero-order chi connectivity index (χ0) is 23.4. The zero-order valence-corrected chi connectivity index (χ0v) is 19.4. The molecule has 2 aliphatic heterocycles. The molecule has 0 unspecified atom stereocenters. The highest BCUT2D eigenvalue weighted by atomic mass is 16.5. The number of benzene rings is 1. The summed E-state index contributed by atoms with van der Waals surface area (Å²) in [6.07, 6.45) is 0.293. The predicted octanol–water partition coefficient (Wildman–Crippen LogP) is 3.29. The van der Waals surface area contributed by atoms with Crippen LogP contribution in [0.4, 0.5) is 0 Å². The van der Waals surface area contributed by atoms with Crippen molar-refractivity contribution < 1.29 is 13.9 Å². The van der Waals surface area contributed by atoms with Gasteiger partial charge in [-0.3, -0.25) is 9.59 Å². The van der Waals surface area contributed by atoms with Gasteiger partial charge < -0.3 is 18.6 Å². The maximum Gasteiger partial charge on any atom is 0.339 e. The van der Waals surface area contributed by atoms with Gasteiger partial charge in [0.1, 0.15) is 11.3 Å². The summed E-state index contributed by atoms with van der Waals surface area (Å²) in [5.41, 5.74) is 3.36. The smallest absolute Gasteiger partial charge is 0.339 e. The average Bonchev–Trinajstić information content (AvgIpc) is 2.77. The highest BCUT2D eigenvalue weighted by molar-refractivity contribution is 5.89. The van der Waals surface area contributed by atoms with E-state index in [1.54, 1.807) is 26.0 Å². The summed E-state index contributed by atoms with van der Waals surface area (Å²) in [5, 5.41) is 0.723. The van der Waals surface area contributed by atoms with Crippen molar-refractivity contribution in [3.63, 3.8) is 0 Å². The van der Waals surface area contributed by atoms with E-state index in [9.17, 15) is 14.4 Å². The summed E-state index contributed by atoms with van der Waals surface area (Å²) in [7, 11) is 0. The van der Waals surface area contributed by atoms with Crippen LogP contribution in [-0.2, 0) is 11.3 Å². The number of pyridine rings is 1. The molecule has 1 amide bonds. The largest absolute Gasteiger partial charge is 0.480 e. The van der Waals surface area contributed by atoms with Gasteiger partial charge in [-0.05, 0) is 69.4 Å². The van der Waals surface area contributed by atoms with Crippen LogP contribution in [0.1, 0.15) is 41.6 Å². The molecule has 2 aromatic heterocycles. The van der Waals surface area contributed by atoms with E-state index < -0.39 is 6.10 Å². The standard InChI is InChI=1S/C26H28N2O5/c1-14-8-21(24-15(2)16(3)26(31)33-22(24)9-14)32-17(4)25(30)27-11-18-10-19(13-27)20-6-5-7-23(29)28(20)12-18/h5-9,17-19H,10-13H2,1-4H3/t17-,18+,19+/m1/s1. The molecule has 3 aromatic rings. The van der Waals surface area contributed by atoms with Gasteiger partial charge in [0.25, 0.3) is 11.5 Å². The van der Waals surface area contributed by atoms with Crippen molar-refractivity contribution >= 4 is 16.9 Å². The molecule has 5 rings (SSSR count). The average molecular weight is 449 g/mol. The van der Waals surface area contributed by atoms with Crippen LogP contribution in [0.2, 0.25) is 0 Å². The summed E-state index contributed by atoms with van der Waals surface area (Å²) < 4.78 is 13.5. The van der Waals surface area contributed by atoms with Crippen molar-refractivity contribution in [1.82, 2.24) is 9.47 Å². The Morgan fingerprint density at radius 1 is 1.09 bits per heavy atom. The summed E-state index contributed by atoms with van der Waals surface area (Å²) >= 11 is 0. The molecule has 1 fully saturated rings. The number of aromatic nitrogens is 1. The van der Waals surface area contributed by atoms with Gasteiger partial charge in [-0.2, -0.15) is 0 Å². The number of fused-ring (bicyclic) bond motifs is 5. The molecular weight excluding hydrogens is 420 g/mol. The van der Waals surface area contributed by atoms with E-state index in [-0.39, 0.29) is 28.9 Å². The minimum atomic E-state index is -0.696. The molecule has 7 nitrogen and oxygen atoms in total. The maximum absolute atomic E-state index is 13.4. The molecule has 1 saturated heterocycles. The third-order valence-corrected chi connectivity index (χ3v) is 7.10. The fourth-order valence-corrected chi connectivity index (χ4v) is 5.36. The monoisotopic (exact) mass is 448 g/mol. The molecule has 0 N–H and O–H groups in total. The van der Waals surface area contributed by atoms with Crippen LogP contribution < -0.4 is 15.9 Å². The lowest BCUT2D eigenvalue weighted by atomic mass is 9.83. The van der Waals surface area contributed by atoms with E-state index >= 15 is 0 Å². The molecule has 0 aliphatic carbocycles. The first kappa shape index (κ1) is 21.5. The van der Waals surface area contributed by atoms with Crippen LogP contribution in [0.5, 0.6) is 5.75 Å². The predicted molar refractivity (Wildman–Crippen MR) is 125 cm³/mol. The number of carbonyl (C=O) groups excluding carboxylic acids is 1. The Morgan fingerprint density at radius 2 is 1.88 bits per heavy atom. The lowest BCUT2D eigenvalue weighted by Gasteiger charge is -2.43. The third kappa shape index (κ3) is 3.65. The van der Waals surface area contributed by atoms with Crippen LogP contribution >= 0.6 is 0 Å². The second-order valence-corrected chi connectivity index (χ2v) is 9.48. The van der Waals surface area contributed by atoms with Gasteiger partial charge in [0.15, 0.2) is 6.10 Å². The Balaban J connectivity index is 1.42. The van der Waals surface area contributed by atoms with E-state index in [0.29, 0.717) is 36.5 Å². The number of ether oxygens (including phenoxy) is 1. The van der Waals surface area contributed by atoms with Gasteiger partial charge in [-0.25, -0.2) is 4.79 Å². The summed E-state index contributed by atoms with van der Waals surface area (Å²) in [6.45, 7) is 9.10. The van der Waals surface area contributed by atoms with Crippen LogP contribution in [0.3, 0.4) is 0 Å². The number of carbonyl (C=O) groups is 1. The Morgan fingerprint density at radius 3 is 2.67 bits per heavy atom. The molecule has 0 radical (unpaired) electrons. The van der Waals surface area contributed by atoms with Gasteiger partial charge in [0, 0.05) is 42.9 Å². The number of nitrogens with zero attached hydrogens (tertiary/aromatic N) is 2. The molecule has 0 spiro atoms. The van der Waals surface area contributed by atoms with Crippen molar-refractivity contribution in [3.8, 4) is 5.75 Å². The summed E-state index contributed by atoms with van der Waals surface area (Å²) in [4.78, 5) is 39.7.